The lowest BCUT2D eigenvalue weighted by atomic mass is 10.4. The van der Waals surface area contributed by atoms with E-state index in [1.807, 2.05) is 42.5 Å². The van der Waals surface area contributed by atoms with Crippen LogP contribution in [-0.2, 0) is 0 Å². The predicted octanol–water partition coefficient (Wildman–Crippen LogP) is 0.890. The average molecular weight is 257 g/mol. The molecule has 0 atom stereocenters. The summed E-state index contributed by atoms with van der Waals surface area (Å²) in [6.07, 6.45) is 1.79. The van der Waals surface area contributed by atoms with Crippen LogP contribution in [0.15, 0.2) is 58.6 Å². The zero-order valence-corrected chi connectivity index (χ0v) is 10.1. The van der Waals surface area contributed by atoms with E-state index in [2.05, 4.69) is 4.98 Å². The number of hydrogen-bond donors (Lipinski definition) is 0. The summed E-state index contributed by atoms with van der Waals surface area (Å²) in [5.74, 6) is 0. The van der Waals surface area contributed by atoms with Gasteiger partial charge in [-0.25, -0.2) is 4.98 Å². The topological polar surface area (TPSA) is 12.9 Å². The molecule has 0 N–H and O–H groups in total. The molecule has 0 saturated heterocycles. The Morgan fingerprint density at radius 2 is 1.73 bits per heavy atom. The van der Waals surface area contributed by atoms with Crippen molar-refractivity contribution in [3.8, 4) is 0 Å². The van der Waals surface area contributed by atoms with Crippen molar-refractivity contribution in [1.82, 2.24) is 4.98 Å². The zero-order valence-electron chi connectivity index (χ0n) is 7.73. The van der Waals surface area contributed by atoms with Gasteiger partial charge in [0.2, 0.25) is 0 Å². The fourth-order valence-corrected chi connectivity index (χ4v) is 1.93. The van der Waals surface area contributed by atoms with Crippen LogP contribution in [-0.4, -0.2) is 4.98 Å². The van der Waals surface area contributed by atoms with Gasteiger partial charge >= 0.3 is 0 Å². The molecule has 0 saturated carbocycles. The van der Waals surface area contributed by atoms with Crippen LogP contribution in [0.5, 0.6) is 0 Å². The molecule has 0 radical (unpaired) electrons. The Morgan fingerprint density at radius 3 is 2.33 bits per heavy atom. The normalized spacial score (nSPS) is 9.40. The lowest BCUT2D eigenvalue weighted by Crippen LogP contribution is -3.00. The first-order valence-corrected chi connectivity index (χ1v) is 5.38. The van der Waals surface area contributed by atoms with E-state index < -0.39 is 0 Å². The molecule has 1 nitrogen and oxygen atoms in total. The fraction of sp³-hybridized carbons (Fsp3) is 0. The molecule has 0 unspecified atom stereocenters. The first kappa shape index (κ1) is 12.4. The number of pyridine rings is 1. The summed E-state index contributed by atoms with van der Waals surface area (Å²) < 4.78 is 0. The number of nitrogens with zero attached hydrogens (tertiary/aromatic N) is 1. The molecular formula is C11H8Cl2NS-. The van der Waals surface area contributed by atoms with Gasteiger partial charge in [-0.3, -0.25) is 0 Å². The maximum atomic E-state index is 5.79. The molecule has 1 aromatic carbocycles. The van der Waals surface area contributed by atoms with Crippen LogP contribution in [0.1, 0.15) is 0 Å². The summed E-state index contributed by atoms with van der Waals surface area (Å²) >= 11 is 7.42. The van der Waals surface area contributed by atoms with Crippen LogP contribution < -0.4 is 12.4 Å². The van der Waals surface area contributed by atoms with E-state index in [0.717, 1.165) is 14.9 Å². The minimum absolute atomic E-state index is 0. The second-order valence-corrected chi connectivity index (χ2v) is 4.25. The maximum absolute atomic E-state index is 5.79. The van der Waals surface area contributed by atoms with Crippen LogP contribution in [0.2, 0.25) is 5.02 Å². The standard InChI is InChI=1S/C11H8ClNS.ClH/c12-9-4-6-10(7-5-9)14-11-3-1-2-8-13-11;/h1-8H;1H/p-1. The summed E-state index contributed by atoms with van der Waals surface area (Å²) in [7, 11) is 0. The van der Waals surface area contributed by atoms with E-state index in [4.69, 9.17) is 11.6 Å². The highest BCUT2D eigenvalue weighted by Gasteiger charge is 1.96. The quantitative estimate of drug-likeness (QED) is 0.792. The lowest BCUT2D eigenvalue weighted by Gasteiger charge is -1.99. The third-order valence-electron chi connectivity index (χ3n) is 1.67. The zero-order chi connectivity index (χ0) is 9.80. The van der Waals surface area contributed by atoms with Gasteiger partial charge in [0, 0.05) is 16.1 Å². The van der Waals surface area contributed by atoms with E-state index in [9.17, 15) is 0 Å². The molecule has 15 heavy (non-hydrogen) atoms. The van der Waals surface area contributed by atoms with Gasteiger partial charge in [0.25, 0.3) is 0 Å². The molecule has 4 heteroatoms. The van der Waals surface area contributed by atoms with Gasteiger partial charge in [-0.2, -0.15) is 0 Å². The number of aromatic nitrogens is 1. The number of hydrogen-bond acceptors (Lipinski definition) is 2. The summed E-state index contributed by atoms with van der Waals surface area (Å²) in [5, 5.41) is 1.75. The Bertz CT molecular complexity index is 403. The molecule has 0 aliphatic carbocycles. The second-order valence-electron chi connectivity index (χ2n) is 2.72. The molecule has 2 aromatic rings. The van der Waals surface area contributed by atoms with Crippen LogP contribution >= 0.6 is 23.4 Å². The van der Waals surface area contributed by atoms with Crippen LogP contribution in [0.25, 0.3) is 0 Å². The molecule has 2 rings (SSSR count). The second kappa shape index (κ2) is 6.01. The third kappa shape index (κ3) is 3.74. The summed E-state index contributed by atoms with van der Waals surface area (Å²) in [6, 6.07) is 13.6. The Morgan fingerprint density at radius 1 is 1.00 bits per heavy atom. The Balaban J connectivity index is 0.00000112. The molecule has 0 aliphatic heterocycles. The van der Waals surface area contributed by atoms with Crippen molar-refractivity contribution in [1.29, 1.82) is 0 Å². The molecule has 1 aromatic heterocycles. The van der Waals surface area contributed by atoms with Crippen molar-refractivity contribution in [3.05, 3.63) is 53.7 Å². The molecule has 0 amide bonds. The molecular weight excluding hydrogens is 249 g/mol. The third-order valence-corrected chi connectivity index (χ3v) is 2.88. The number of benzene rings is 1. The predicted molar refractivity (Wildman–Crippen MR) is 59.8 cm³/mol. The minimum Gasteiger partial charge on any atom is -1.00 e. The Labute approximate surface area is 104 Å². The average Bonchev–Trinajstić information content (AvgIpc) is 2.23. The van der Waals surface area contributed by atoms with Crippen molar-refractivity contribution in [3.63, 3.8) is 0 Å². The SMILES string of the molecule is Clc1ccc(Sc2ccccn2)cc1.[Cl-]. The molecule has 0 fully saturated rings. The highest BCUT2D eigenvalue weighted by molar-refractivity contribution is 7.99. The van der Waals surface area contributed by atoms with Gasteiger partial charge in [0.1, 0.15) is 5.03 Å². The molecule has 0 bridgehead atoms. The largest absolute Gasteiger partial charge is 1.00 e. The monoisotopic (exact) mass is 256 g/mol. The van der Waals surface area contributed by atoms with Crippen molar-refractivity contribution < 1.29 is 12.4 Å². The van der Waals surface area contributed by atoms with Crippen LogP contribution in [0.3, 0.4) is 0 Å². The highest BCUT2D eigenvalue weighted by Crippen LogP contribution is 2.26. The molecule has 1 heterocycles. The van der Waals surface area contributed by atoms with E-state index in [0.29, 0.717) is 0 Å². The summed E-state index contributed by atoms with van der Waals surface area (Å²) in [5.41, 5.74) is 0. The van der Waals surface area contributed by atoms with Gasteiger partial charge < -0.3 is 12.4 Å². The molecule has 0 aliphatic rings. The molecule has 78 valence electrons. The Hall–Kier alpha value is -0.700. The minimum atomic E-state index is 0. The van der Waals surface area contributed by atoms with Gasteiger partial charge in [0.05, 0.1) is 0 Å². The number of halogens is 2. The van der Waals surface area contributed by atoms with E-state index in [-0.39, 0.29) is 12.4 Å². The van der Waals surface area contributed by atoms with Gasteiger partial charge in [0.15, 0.2) is 0 Å². The summed E-state index contributed by atoms with van der Waals surface area (Å²) in [4.78, 5) is 5.37. The summed E-state index contributed by atoms with van der Waals surface area (Å²) in [6.45, 7) is 0. The van der Waals surface area contributed by atoms with E-state index in [1.165, 1.54) is 0 Å². The number of rotatable bonds is 2. The Kier molecular flexibility index (Phi) is 4.95. The van der Waals surface area contributed by atoms with Crippen molar-refractivity contribution in [2.75, 3.05) is 0 Å². The lowest BCUT2D eigenvalue weighted by molar-refractivity contribution is -0.00000269. The van der Waals surface area contributed by atoms with E-state index in [1.54, 1.807) is 18.0 Å². The van der Waals surface area contributed by atoms with Gasteiger partial charge in [-0.15, -0.1) is 0 Å². The smallest absolute Gasteiger partial charge is 0.101 e. The van der Waals surface area contributed by atoms with E-state index >= 15 is 0 Å². The first-order valence-electron chi connectivity index (χ1n) is 4.19. The molecule has 0 spiro atoms. The van der Waals surface area contributed by atoms with Crippen molar-refractivity contribution in [2.45, 2.75) is 9.92 Å². The van der Waals surface area contributed by atoms with Crippen LogP contribution in [0, 0.1) is 0 Å². The van der Waals surface area contributed by atoms with Crippen LogP contribution in [0.4, 0.5) is 0 Å². The van der Waals surface area contributed by atoms with Gasteiger partial charge in [-0.1, -0.05) is 29.4 Å². The highest BCUT2D eigenvalue weighted by atomic mass is 35.5. The van der Waals surface area contributed by atoms with Crippen molar-refractivity contribution in [2.24, 2.45) is 0 Å². The van der Waals surface area contributed by atoms with Gasteiger partial charge in [-0.05, 0) is 36.4 Å². The first-order chi connectivity index (χ1) is 6.84. The fourth-order valence-electron chi connectivity index (χ4n) is 1.03. The van der Waals surface area contributed by atoms with Crippen molar-refractivity contribution >= 4 is 23.4 Å². The maximum Gasteiger partial charge on any atom is 0.101 e.